The Balaban J connectivity index is 1.74. The largest absolute Gasteiger partial charge is 0.338 e. The second-order valence-electron chi connectivity index (χ2n) is 4.30. The minimum atomic E-state index is 0.612. The third kappa shape index (κ3) is 3.36. The Hall–Kier alpha value is -1.60. The van der Waals surface area contributed by atoms with Gasteiger partial charge in [0.2, 0.25) is 5.89 Å². The molecule has 0 N–H and O–H groups in total. The molecule has 7 heteroatoms. The van der Waals surface area contributed by atoms with Crippen molar-refractivity contribution in [2.75, 3.05) is 0 Å². The third-order valence-electron chi connectivity index (χ3n) is 2.86. The molecule has 0 bridgehead atoms. The van der Waals surface area contributed by atoms with Crippen LogP contribution in [0.2, 0.25) is 0 Å². The second kappa shape index (κ2) is 6.44. The van der Waals surface area contributed by atoms with Crippen LogP contribution >= 0.6 is 27.7 Å². The Bertz CT molecular complexity index is 723. The molecule has 108 valence electrons. The maximum Gasteiger partial charge on any atom is 0.237 e. The van der Waals surface area contributed by atoms with Crippen molar-refractivity contribution in [2.45, 2.75) is 24.3 Å². The van der Waals surface area contributed by atoms with E-state index in [2.05, 4.69) is 31.1 Å². The summed E-state index contributed by atoms with van der Waals surface area (Å²) in [5, 5.41) is 4.79. The van der Waals surface area contributed by atoms with Gasteiger partial charge in [0.15, 0.2) is 11.0 Å². The molecule has 2 aromatic heterocycles. The zero-order valence-corrected chi connectivity index (χ0v) is 13.8. The molecule has 0 unspecified atom stereocenters. The Morgan fingerprint density at radius 2 is 2.10 bits per heavy atom. The number of hydrogen-bond donors (Lipinski definition) is 0. The van der Waals surface area contributed by atoms with Crippen LogP contribution in [0.4, 0.5) is 0 Å². The Morgan fingerprint density at radius 1 is 1.29 bits per heavy atom. The number of benzene rings is 1. The first-order valence-corrected chi connectivity index (χ1v) is 8.27. The van der Waals surface area contributed by atoms with E-state index in [0.717, 1.165) is 27.6 Å². The average Bonchev–Trinajstić information content (AvgIpc) is 3.15. The molecular formula is C14H13BrN4OS. The third-order valence-corrected chi connectivity index (χ3v) is 4.34. The summed E-state index contributed by atoms with van der Waals surface area (Å²) < 4.78 is 8.28. The number of halogens is 1. The summed E-state index contributed by atoms with van der Waals surface area (Å²) in [5.74, 6) is 1.98. The maximum absolute atomic E-state index is 5.19. The Labute approximate surface area is 134 Å². The number of aromatic nitrogens is 4. The lowest BCUT2D eigenvalue weighted by molar-refractivity contribution is 0.385. The van der Waals surface area contributed by atoms with Crippen LogP contribution in [0.3, 0.4) is 0 Å². The summed E-state index contributed by atoms with van der Waals surface area (Å²) in [6.45, 7) is 2.00. The van der Waals surface area contributed by atoms with Gasteiger partial charge in [0.25, 0.3) is 0 Å². The molecule has 0 radical (unpaired) electrons. The van der Waals surface area contributed by atoms with Gasteiger partial charge >= 0.3 is 0 Å². The number of aryl methyl sites for hydroxylation is 1. The molecule has 3 rings (SSSR count). The highest BCUT2D eigenvalue weighted by Gasteiger charge is 2.10. The van der Waals surface area contributed by atoms with Crippen LogP contribution in [-0.2, 0) is 12.2 Å². The summed E-state index contributed by atoms with van der Waals surface area (Å²) >= 11 is 5.01. The molecule has 0 amide bonds. The van der Waals surface area contributed by atoms with E-state index in [4.69, 9.17) is 4.52 Å². The van der Waals surface area contributed by atoms with Crippen LogP contribution in [0.15, 0.2) is 50.8 Å². The number of nitrogens with zero attached hydrogens (tertiary/aromatic N) is 4. The highest BCUT2D eigenvalue weighted by Crippen LogP contribution is 2.24. The summed E-state index contributed by atoms with van der Waals surface area (Å²) in [7, 11) is 0. The minimum absolute atomic E-state index is 0.612. The quantitative estimate of drug-likeness (QED) is 0.643. The van der Waals surface area contributed by atoms with E-state index in [-0.39, 0.29) is 0 Å². The molecule has 0 atom stereocenters. The molecule has 0 aliphatic heterocycles. The molecule has 0 spiro atoms. The Morgan fingerprint density at radius 3 is 2.81 bits per heavy atom. The van der Waals surface area contributed by atoms with Crippen LogP contribution in [-0.4, -0.2) is 19.7 Å². The summed E-state index contributed by atoms with van der Waals surface area (Å²) in [5.41, 5.74) is 1.07. The maximum atomic E-state index is 5.19. The lowest BCUT2D eigenvalue weighted by Crippen LogP contribution is -1.95. The molecule has 0 saturated carbocycles. The average molecular weight is 365 g/mol. The van der Waals surface area contributed by atoms with Crippen molar-refractivity contribution in [1.82, 2.24) is 19.7 Å². The van der Waals surface area contributed by atoms with Crippen molar-refractivity contribution in [3.8, 4) is 5.69 Å². The zero-order valence-electron chi connectivity index (χ0n) is 11.4. The van der Waals surface area contributed by atoms with Crippen LogP contribution in [0.5, 0.6) is 0 Å². The van der Waals surface area contributed by atoms with Gasteiger partial charge in [-0.1, -0.05) is 39.8 Å². The van der Waals surface area contributed by atoms with E-state index in [1.54, 1.807) is 18.0 Å². The SMILES string of the molecule is CCc1noc(CSc2nccn2-c2ccc(Br)cc2)n1. The van der Waals surface area contributed by atoms with Gasteiger partial charge in [-0.05, 0) is 24.3 Å². The van der Waals surface area contributed by atoms with E-state index in [9.17, 15) is 0 Å². The molecule has 0 aliphatic rings. The van der Waals surface area contributed by atoms with E-state index in [1.807, 2.05) is 42.0 Å². The predicted molar refractivity (Wildman–Crippen MR) is 84.5 cm³/mol. The fourth-order valence-corrected chi connectivity index (χ4v) is 2.89. The van der Waals surface area contributed by atoms with Crippen LogP contribution in [0.25, 0.3) is 5.69 Å². The first-order valence-electron chi connectivity index (χ1n) is 6.50. The van der Waals surface area contributed by atoms with E-state index in [1.165, 1.54) is 0 Å². The molecule has 21 heavy (non-hydrogen) atoms. The molecule has 0 saturated heterocycles. The van der Waals surface area contributed by atoms with Crippen molar-refractivity contribution in [1.29, 1.82) is 0 Å². The second-order valence-corrected chi connectivity index (χ2v) is 6.16. The minimum Gasteiger partial charge on any atom is -0.338 e. The van der Waals surface area contributed by atoms with Crippen LogP contribution in [0, 0.1) is 0 Å². The van der Waals surface area contributed by atoms with Gasteiger partial charge < -0.3 is 4.52 Å². The van der Waals surface area contributed by atoms with Gasteiger partial charge in [0.1, 0.15) is 0 Å². The van der Waals surface area contributed by atoms with Gasteiger partial charge in [0.05, 0.1) is 5.75 Å². The number of hydrogen-bond acceptors (Lipinski definition) is 5. The number of rotatable bonds is 5. The van der Waals surface area contributed by atoms with Crippen molar-refractivity contribution in [3.63, 3.8) is 0 Å². The number of thioether (sulfide) groups is 1. The molecule has 1 aromatic carbocycles. The highest BCUT2D eigenvalue weighted by atomic mass is 79.9. The van der Waals surface area contributed by atoms with E-state index < -0.39 is 0 Å². The summed E-state index contributed by atoms with van der Waals surface area (Å²) in [4.78, 5) is 8.68. The standard InChI is InChI=1S/C14H13BrN4OS/c1-2-12-17-13(20-18-12)9-21-14-16-7-8-19(14)11-5-3-10(15)4-6-11/h3-8H,2,9H2,1H3. The summed E-state index contributed by atoms with van der Waals surface area (Å²) in [6, 6.07) is 8.10. The van der Waals surface area contributed by atoms with Crippen molar-refractivity contribution in [3.05, 3.63) is 52.8 Å². The molecular weight excluding hydrogens is 352 g/mol. The van der Waals surface area contributed by atoms with Gasteiger partial charge in [-0.15, -0.1) is 0 Å². The van der Waals surface area contributed by atoms with Gasteiger partial charge in [-0.3, -0.25) is 4.57 Å². The molecule has 0 aliphatic carbocycles. The van der Waals surface area contributed by atoms with Crippen LogP contribution < -0.4 is 0 Å². The normalized spacial score (nSPS) is 11.0. The topological polar surface area (TPSA) is 56.7 Å². The predicted octanol–water partition coefficient (Wildman–Crippen LogP) is 3.87. The lowest BCUT2D eigenvalue weighted by atomic mass is 10.3. The molecule has 2 heterocycles. The van der Waals surface area contributed by atoms with Crippen molar-refractivity contribution >= 4 is 27.7 Å². The summed E-state index contributed by atoms with van der Waals surface area (Å²) in [6.07, 6.45) is 4.51. The fraction of sp³-hybridized carbons (Fsp3) is 0.214. The first-order chi connectivity index (χ1) is 10.3. The molecule has 3 aromatic rings. The highest BCUT2D eigenvalue weighted by molar-refractivity contribution is 9.10. The van der Waals surface area contributed by atoms with Gasteiger partial charge in [-0.25, -0.2) is 4.98 Å². The zero-order chi connectivity index (χ0) is 14.7. The Kier molecular flexibility index (Phi) is 4.40. The van der Waals surface area contributed by atoms with E-state index in [0.29, 0.717) is 11.6 Å². The fourth-order valence-electron chi connectivity index (χ4n) is 1.81. The van der Waals surface area contributed by atoms with Crippen LogP contribution in [0.1, 0.15) is 18.6 Å². The van der Waals surface area contributed by atoms with E-state index >= 15 is 0 Å². The number of imidazole rings is 1. The van der Waals surface area contributed by atoms with Crippen molar-refractivity contribution < 1.29 is 4.52 Å². The van der Waals surface area contributed by atoms with Gasteiger partial charge in [-0.2, -0.15) is 4.98 Å². The van der Waals surface area contributed by atoms with Gasteiger partial charge in [0, 0.05) is 29.0 Å². The molecule has 0 fully saturated rings. The molecule has 5 nitrogen and oxygen atoms in total. The smallest absolute Gasteiger partial charge is 0.237 e. The first kappa shape index (κ1) is 14.3. The lowest BCUT2D eigenvalue weighted by Gasteiger charge is -2.06. The van der Waals surface area contributed by atoms with Crippen molar-refractivity contribution in [2.24, 2.45) is 0 Å². The monoisotopic (exact) mass is 364 g/mol.